The van der Waals surface area contributed by atoms with Crippen LogP contribution in [0.3, 0.4) is 0 Å². The van der Waals surface area contributed by atoms with Gasteiger partial charge in [-0.25, -0.2) is 0 Å². The topological polar surface area (TPSA) is 75.4 Å². The first-order valence-corrected chi connectivity index (χ1v) is 8.46. The van der Waals surface area contributed by atoms with E-state index < -0.39 is 0 Å². The van der Waals surface area contributed by atoms with Crippen molar-refractivity contribution in [3.05, 3.63) is 0 Å². The lowest BCUT2D eigenvalue weighted by Gasteiger charge is -2.32. The molecule has 1 saturated heterocycles. The number of piperidine rings is 1. The number of nitrogens with one attached hydrogen (secondary N) is 1. The van der Waals surface area contributed by atoms with Gasteiger partial charge in [-0.15, -0.1) is 0 Å². The van der Waals surface area contributed by atoms with Crippen LogP contribution in [-0.2, 0) is 9.59 Å². The van der Waals surface area contributed by atoms with Crippen molar-refractivity contribution in [1.29, 1.82) is 0 Å². The van der Waals surface area contributed by atoms with E-state index in [2.05, 4.69) is 5.32 Å². The van der Waals surface area contributed by atoms with Crippen molar-refractivity contribution in [2.75, 3.05) is 26.2 Å². The van der Waals surface area contributed by atoms with Gasteiger partial charge >= 0.3 is 0 Å². The molecule has 1 atom stereocenters. The second-order valence-electron chi connectivity index (χ2n) is 6.45. The van der Waals surface area contributed by atoms with Crippen molar-refractivity contribution < 1.29 is 9.59 Å². The molecular formula is C16H29N3O2. The van der Waals surface area contributed by atoms with Gasteiger partial charge in [0.05, 0.1) is 5.92 Å². The van der Waals surface area contributed by atoms with Crippen LogP contribution in [0, 0.1) is 11.8 Å². The molecule has 1 aliphatic carbocycles. The van der Waals surface area contributed by atoms with E-state index in [9.17, 15) is 9.59 Å². The van der Waals surface area contributed by atoms with E-state index in [4.69, 9.17) is 5.73 Å². The molecule has 2 amide bonds. The molecule has 0 aromatic carbocycles. The van der Waals surface area contributed by atoms with Crippen molar-refractivity contribution in [1.82, 2.24) is 10.2 Å². The number of amides is 2. The fourth-order valence-corrected chi connectivity index (χ4v) is 3.54. The molecule has 1 saturated carbocycles. The minimum Gasteiger partial charge on any atom is -0.355 e. The highest BCUT2D eigenvalue weighted by molar-refractivity contribution is 5.81. The fraction of sp³-hybridized carbons (Fsp3) is 0.875. The highest BCUT2D eigenvalue weighted by Gasteiger charge is 2.28. The van der Waals surface area contributed by atoms with E-state index in [0.29, 0.717) is 26.1 Å². The van der Waals surface area contributed by atoms with Gasteiger partial charge in [-0.2, -0.15) is 0 Å². The Morgan fingerprint density at radius 1 is 1.14 bits per heavy atom. The third-order valence-electron chi connectivity index (χ3n) is 4.83. The Labute approximate surface area is 127 Å². The van der Waals surface area contributed by atoms with Crippen molar-refractivity contribution >= 4 is 11.8 Å². The van der Waals surface area contributed by atoms with E-state index in [1.54, 1.807) is 0 Å². The molecule has 2 aliphatic rings. The predicted molar refractivity (Wildman–Crippen MR) is 82.6 cm³/mol. The summed E-state index contributed by atoms with van der Waals surface area (Å²) in [6.45, 7) is 2.37. The zero-order valence-corrected chi connectivity index (χ0v) is 13.0. The van der Waals surface area contributed by atoms with Crippen LogP contribution in [0.15, 0.2) is 0 Å². The monoisotopic (exact) mass is 295 g/mol. The molecule has 5 heteroatoms. The largest absolute Gasteiger partial charge is 0.355 e. The first-order valence-electron chi connectivity index (χ1n) is 8.46. The second kappa shape index (κ2) is 8.37. The summed E-state index contributed by atoms with van der Waals surface area (Å²) in [5.41, 5.74) is 5.40. The Hall–Kier alpha value is -1.10. The summed E-state index contributed by atoms with van der Waals surface area (Å²) in [7, 11) is 0. The summed E-state index contributed by atoms with van der Waals surface area (Å²) in [5, 5.41) is 2.84. The quantitative estimate of drug-likeness (QED) is 0.775. The van der Waals surface area contributed by atoms with Gasteiger partial charge in [0.2, 0.25) is 11.8 Å². The number of likely N-dealkylation sites (tertiary alicyclic amines) is 1. The van der Waals surface area contributed by atoms with Gasteiger partial charge in [0.1, 0.15) is 0 Å². The number of carbonyl (C=O) groups excluding carboxylic acids is 2. The van der Waals surface area contributed by atoms with E-state index in [0.717, 1.165) is 31.7 Å². The van der Waals surface area contributed by atoms with Crippen LogP contribution in [0.5, 0.6) is 0 Å². The SMILES string of the molecule is NCCNC(=O)C1CCCN(C(=O)CCC2CCCC2)C1. The Morgan fingerprint density at radius 3 is 2.62 bits per heavy atom. The van der Waals surface area contributed by atoms with Crippen LogP contribution < -0.4 is 11.1 Å². The second-order valence-corrected chi connectivity index (χ2v) is 6.45. The molecule has 1 aliphatic heterocycles. The standard InChI is InChI=1S/C16H29N3O2/c17-9-10-18-16(21)14-6-3-11-19(12-14)15(20)8-7-13-4-1-2-5-13/h13-14H,1-12,17H2,(H,18,21). The van der Waals surface area contributed by atoms with Crippen LogP contribution in [0.4, 0.5) is 0 Å². The van der Waals surface area contributed by atoms with Gasteiger partial charge in [0.25, 0.3) is 0 Å². The highest BCUT2D eigenvalue weighted by Crippen LogP contribution is 2.29. The van der Waals surface area contributed by atoms with Gasteiger partial charge in [-0.1, -0.05) is 25.7 Å². The number of hydrogen-bond donors (Lipinski definition) is 2. The van der Waals surface area contributed by atoms with Crippen LogP contribution in [0.25, 0.3) is 0 Å². The third kappa shape index (κ3) is 4.99. The summed E-state index contributed by atoms with van der Waals surface area (Å²) in [6.07, 6.45) is 8.71. The van der Waals surface area contributed by atoms with E-state index in [-0.39, 0.29) is 17.7 Å². The number of rotatable bonds is 6. The van der Waals surface area contributed by atoms with Crippen molar-refractivity contribution in [2.24, 2.45) is 17.6 Å². The van der Waals surface area contributed by atoms with E-state index in [1.807, 2.05) is 4.90 Å². The van der Waals surface area contributed by atoms with Crippen molar-refractivity contribution in [3.8, 4) is 0 Å². The molecule has 5 nitrogen and oxygen atoms in total. The zero-order valence-electron chi connectivity index (χ0n) is 13.0. The highest BCUT2D eigenvalue weighted by atomic mass is 16.2. The molecular weight excluding hydrogens is 266 g/mol. The normalized spacial score (nSPS) is 23.3. The van der Waals surface area contributed by atoms with Crippen LogP contribution in [0.1, 0.15) is 51.4 Å². The minimum absolute atomic E-state index is 0.0498. The Balaban J connectivity index is 1.74. The molecule has 2 fully saturated rings. The summed E-state index contributed by atoms with van der Waals surface area (Å²) in [6, 6.07) is 0. The molecule has 0 radical (unpaired) electrons. The summed E-state index contributed by atoms with van der Waals surface area (Å²) in [5.74, 6) is 0.982. The Morgan fingerprint density at radius 2 is 1.90 bits per heavy atom. The summed E-state index contributed by atoms with van der Waals surface area (Å²) < 4.78 is 0. The predicted octanol–water partition coefficient (Wildman–Crippen LogP) is 1.27. The molecule has 3 N–H and O–H groups in total. The van der Waals surface area contributed by atoms with Crippen molar-refractivity contribution in [3.63, 3.8) is 0 Å². The molecule has 0 aromatic rings. The maximum Gasteiger partial charge on any atom is 0.224 e. The lowest BCUT2D eigenvalue weighted by molar-refractivity contribution is -0.135. The van der Waals surface area contributed by atoms with Gasteiger partial charge < -0.3 is 16.0 Å². The average molecular weight is 295 g/mol. The van der Waals surface area contributed by atoms with Crippen LogP contribution >= 0.6 is 0 Å². The van der Waals surface area contributed by atoms with Gasteiger partial charge in [-0.05, 0) is 25.2 Å². The van der Waals surface area contributed by atoms with Gasteiger partial charge in [0.15, 0.2) is 0 Å². The minimum atomic E-state index is -0.0549. The first kappa shape index (κ1) is 16.3. The number of carbonyl (C=O) groups is 2. The molecule has 21 heavy (non-hydrogen) atoms. The third-order valence-corrected chi connectivity index (χ3v) is 4.83. The fourth-order valence-electron chi connectivity index (χ4n) is 3.54. The molecule has 120 valence electrons. The molecule has 0 spiro atoms. The van der Waals surface area contributed by atoms with Gasteiger partial charge in [-0.3, -0.25) is 9.59 Å². The smallest absolute Gasteiger partial charge is 0.224 e. The van der Waals surface area contributed by atoms with Gasteiger partial charge in [0, 0.05) is 32.6 Å². The van der Waals surface area contributed by atoms with E-state index in [1.165, 1.54) is 25.7 Å². The molecule has 1 heterocycles. The van der Waals surface area contributed by atoms with Crippen molar-refractivity contribution in [2.45, 2.75) is 51.4 Å². The maximum atomic E-state index is 12.3. The Bertz CT molecular complexity index is 353. The first-order chi connectivity index (χ1) is 10.2. The average Bonchev–Trinajstić information content (AvgIpc) is 3.03. The molecule has 1 unspecified atom stereocenters. The molecule has 0 bridgehead atoms. The number of nitrogens with zero attached hydrogens (tertiary/aromatic N) is 1. The van der Waals surface area contributed by atoms with E-state index >= 15 is 0 Å². The lowest BCUT2D eigenvalue weighted by Crippen LogP contribution is -2.46. The van der Waals surface area contributed by atoms with Crippen LogP contribution in [-0.4, -0.2) is 42.9 Å². The van der Waals surface area contributed by atoms with Crippen LogP contribution in [0.2, 0.25) is 0 Å². The number of nitrogens with two attached hydrogens (primary N) is 1. The maximum absolute atomic E-state index is 12.3. The lowest BCUT2D eigenvalue weighted by atomic mass is 9.96. The summed E-state index contributed by atoms with van der Waals surface area (Å²) in [4.78, 5) is 26.2. The summed E-state index contributed by atoms with van der Waals surface area (Å²) >= 11 is 0. The Kier molecular flexibility index (Phi) is 6.49. The molecule has 2 rings (SSSR count). The number of hydrogen-bond acceptors (Lipinski definition) is 3. The zero-order chi connectivity index (χ0) is 15.1. The molecule has 0 aromatic heterocycles.